The number of piperidine rings is 1. The van der Waals surface area contributed by atoms with Gasteiger partial charge in [-0.15, -0.1) is 0 Å². The number of fused-ring (bicyclic) bond motifs is 1. The molecule has 0 aliphatic carbocycles. The van der Waals surface area contributed by atoms with E-state index in [2.05, 4.69) is 20.0 Å². The van der Waals surface area contributed by atoms with E-state index < -0.39 is 0 Å². The van der Waals surface area contributed by atoms with E-state index in [1.807, 2.05) is 13.0 Å². The number of nitrogens with two attached hydrogens (primary N) is 1. The van der Waals surface area contributed by atoms with E-state index >= 15 is 0 Å². The minimum atomic E-state index is -0.198. The number of aromatic nitrogens is 4. The topological polar surface area (TPSA) is 89.4 Å². The second kappa shape index (κ2) is 4.49. The number of rotatable bonds is 2. The average Bonchev–Trinajstić information content (AvgIpc) is 2.85. The van der Waals surface area contributed by atoms with Gasteiger partial charge in [0.1, 0.15) is 12.1 Å². The minimum absolute atomic E-state index is 0.00887. The molecule has 7 nitrogen and oxygen atoms in total. The van der Waals surface area contributed by atoms with Gasteiger partial charge in [-0.05, 0) is 19.8 Å². The van der Waals surface area contributed by atoms with Crippen LogP contribution in [0, 0.1) is 12.8 Å². The molecule has 2 N–H and O–H groups in total. The summed E-state index contributed by atoms with van der Waals surface area (Å²) in [5.41, 5.74) is 6.26. The van der Waals surface area contributed by atoms with Gasteiger partial charge in [0.15, 0.2) is 0 Å². The van der Waals surface area contributed by atoms with Crippen molar-refractivity contribution in [1.29, 1.82) is 0 Å². The number of hydrogen-bond donors (Lipinski definition) is 1. The molecule has 0 radical (unpaired) electrons. The molecule has 0 aromatic carbocycles. The summed E-state index contributed by atoms with van der Waals surface area (Å²) in [6.07, 6.45) is 3.07. The second-order valence-electron chi connectivity index (χ2n) is 4.89. The Bertz CT molecular complexity index is 614. The Morgan fingerprint density at radius 2 is 2.16 bits per heavy atom. The summed E-state index contributed by atoms with van der Waals surface area (Å²) in [6, 6.07) is 1.99. The molecule has 0 spiro atoms. The first-order chi connectivity index (χ1) is 9.15. The van der Waals surface area contributed by atoms with Crippen LogP contribution in [0.4, 0.5) is 5.82 Å². The average molecular weight is 260 g/mol. The molecule has 19 heavy (non-hydrogen) atoms. The standard InChI is InChI=1S/C12H16N6O/c1-8-6-10(18-12(16-8)14-7-15-18)17-4-2-9(3-5-17)11(13)19/h6-7,9H,2-5H2,1H3,(H2,13,19). The zero-order chi connectivity index (χ0) is 13.4. The van der Waals surface area contributed by atoms with Crippen LogP contribution in [-0.2, 0) is 4.79 Å². The first-order valence-corrected chi connectivity index (χ1v) is 6.37. The number of amides is 1. The maximum absolute atomic E-state index is 11.2. The summed E-state index contributed by atoms with van der Waals surface area (Å²) < 4.78 is 1.73. The first kappa shape index (κ1) is 11.9. The highest BCUT2D eigenvalue weighted by atomic mass is 16.1. The first-order valence-electron chi connectivity index (χ1n) is 6.37. The fourth-order valence-electron chi connectivity index (χ4n) is 2.53. The Kier molecular flexibility index (Phi) is 2.81. The highest BCUT2D eigenvalue weighted by Crippen LogP contribution is 2.23. The summed E-state index contributed by atoms with van der Waals surface area (Å²) in [5, 5.41) is 4.20. The van der Waals surface area contributed by atoms with Crippen LogP contribution in [-0.4, -0.2) is 38.6 Å². The molecule has 2 aromatic rings. The van der Waals surface area contributed by atoms with Crippen LogP contribution < -0.4 is 10.6 Å². The van der Waals surface area contributed by atoms with Crippen LogP contribution in [0.5, 0.6) is 0 Å². The summed E-state index contributed by atoms with van der Waals surface area (Å²) >= 11 is 0. The molecule has 2 aromatic heterocycles. The Labute approximate surface area is 110 Å². The van der Waals surface area contributed by atoms with Gasteiger partial charge >= 0.3 is 0 Å². The molecular formula is C12H16N6O. The number of aryl methyl sites for hydroxylation is 1. The lowest BCUT2D eigenvalue weighted by Gasteiger charge is -2.32. The maximum atomic E-state index is 11.2. The van der Waals surface area contributed by atoms with Crippen LogP contribution in [0.2, 0.25) is 0 Å². The number of primary amides is 1. The smallest absolute Gasteiger partial charge is 0.254 e. The molecule has 1 aliphatic heterocycles. The lowest BCUT2D eigenvalue weighted by Crippen LogP contribution is -2.39. The second-order valence-corrected chi connectivity index (χ2v) is 4.89. The molecule has 7 heteroatoms. The highest BCUT2D eigenvalue weighted by Gasteiger charge is 2.24. The predicted molar refractivity (Wildman–Crippen MR) is 69.7 cm³/mol. The summed E-state index contributed by atoms with van der Waals surface area (Å²) in [6.45, 7) is 3.53. The number of hydrogen-bond acceptors (Lipinski definition) is 5. The molecule has 1 fully saturated rings. The van der Waals surface area contributed by atoms with Gasteiger partial charge in [-0.2, -0.15) is 14.6 Å². The molecule has 3 heterocycles. The van der Waals surface area contributed by atoms with Gasteiger partial charge in [0.05, 0.1) is 0 Å². The van der Waals surface area contributed by atoms with Gasteiger partial charge in [0.25, 0.3) is 5.78 Å². The fourth-order valence-corrected chi connectivity index (χ4v) is 2.53. The number of carbonyl (C=O) groups is 1. The number of nitrogens with zero attached hydrogens (tertiary/aromatic N) is 5. The summed E-state index contributed by atoms with van der Waals surface area (Å²) in [4.78, 5) is 21.8. The molecule has 0 bridgehead atoms. The Hall–Kier alpha value is -2.18. The van der Waals surface area contributed by atoms with Crippen LogP contribution in [0.25, 0.3) is 5.78 Å². The van der Waals surface area contributed by atoms with Crippen molar-refractivity contribution in [3.8, 4) is 0 Å². The maximum Gasteiger partial charge on any atom is 0.254 e. The SMILES string of the molecule is Cc1cc(N2CCC(C(N)=O)CC2)n2ncnc2n1. The zero-order valence-electron chi connectivity index (χ0n) is 10.8. The van der Waals surface area contributed by atoms with Crippen LogP contribution in [0.3, 0.4) is 0 Å². The van der Waals surface area contributed by atoms with Crippen molar-refractivity contribution in [3.63, 3.8) is 0 Å². The molecule has 3 rings (SSSR count). The van der Waals surface area contributed by atoms with Crippen molar-refractivity contribution in [3.05, 3.63) is 18.1 Å². The molecule has 1 amide bonds. The number of carbonyl (C=O) groups excluding carboxylic acids is 1. The van der Waals surface area contributed by atoms with Crippen LogP contribution >= 0.6 is 0 Å². The van der Waals surface area contributed by atoms with Gasteiger partial charge < -0.3 is 10.6 Å². The molecule has 1 saturated heterocycles. The van der Waals surface area contributed by atoms with Gasteiger partial charge in [-0.3, -0.25) is 4.79 Å². The van der Waals surface area contributed by atoms with Crippen molar-refractivity contribution in [2.24, 2.45) is 11.7 Å². The van der Waals surface area contributed by atoms with E-state index in [9.17, 15) is 4.79 Å². The highest BCUT2D eigenvalue weighted by molar-refractivity contribution is 5.77. The Morgan fingerprint density at radius 3 is 2.84 bits per heavy atom. The van der Waals surface area contributed by atoms with Crippen molar-refractivity contribution in [2.45, 2.75) is 19.8 Å². The third kappa shape index (κ3) is 2.11. The normalized spacial score (nSPS) is 17.0. The fraction of sp³-hybridized carbons (Fsp3) is 0.500. The van der Waals surface area contributed by atoms with Gasteiger partial charge in [0, 0.05) is 30.8 Å². The van der Waals surface area contributed by atoms with E-state index in [4.69, 9.17) is 5.73 Å². The van der Waals surface area contributed by atoms with Gasteiger partial charge in [-0.1, -0.05) is 0 Å². The largest absolute Gasteiger partial charge is 0.369 e. The minimum Gasteiger partial charge on any atom is -0.369 e. The van der Waals surface area contributed by atoms with Crippen molar-refractivity contribution in [1.82, 2.24) is 19.6 Å². The molecule has 1 aliphatic rings. The molecule has 100 valence electrons. The number of anilines is 1. The summed E-state index contributed by atoms with van der Waals surface area (Å²) in [7, 11) is 0. The molecular weight excluding hydrogens is 244 g/mol. The van der Waals surface area contributed by atoms with Crippen molar-refractivity contribution < 1.29 is 4.79 Å². The molecule has 0 atom stereocenters. The van der Waals surface area contributed by atoms with E-state index in [0.717, 1.165) is 37.4 Å². The Balaban J connectivity index is 1.89. The molecule has 0 saturated carbocycles. The predicted octanol–water partition coefficient (Wildman–Crippen LogP) is 0.134. The lowest BCUT2D eigenvalue weighted by molar-refractivity contribution is -0.122. The van der Waals surface area contributed by atoms with E-state index in [-0.39, 0.29) is 11.8 Å². The molecule has 0 unspecified atom stereocenters. The van der Waals surface area contributed by atoms with Crippen molar-refractivity contribution >= 4 is 17.5 Å². The summed E-state index contributed by atoms with van der Waals surface area (Å²) in [5.74, 6) is 1.37. The third-order valence-corrected chi connectivity index (χ3v) is 3.58. The quantitative estimate of drug-likeness (QED) is 0.829. The van der Waals surface area contributed by atoms with Crippen molar-refractivity contribution in [2.75, 3.05) is 18.0 Å². The van der Waals surface area contributed by atoms with Gasteiger partial charge in [0.2, 0.25) is 5.91 Å². The van der Waals surface area contributed by atoms with Crippen LogP contribution in [0.15, 0.2) is 12.4 Å². The van der Waals surface area contributed by atoms with E-state index in [1.165, 1.54) is 6.33 Å². The lowest BCUT2D eigenvalue weighted by atomic mass is 9.96. The Morgan fingerprint density at radius 1 is 1.42 bits per heavy atom. The monoisotopic (exact) mass is 260 g/mol. The zero-order valence-corrected chi connectivity index (χ0v) is 10.8. The van der Waals surface area contributed by atoms with E-state index in [0.29, 0.717) is 5.78 Å². The van der Waals surface area contributed by atoms with Gasteiger partial charge in [-0.25, -0.2) is 4.98 Å². The van der Waals surface area contributed by atoms with E-state index in [1.54, 1.807) is 4.52 Å². The van der Waals surface area contributed by atoms with Crippen LogP contribution in [0.1, 0.15) is 18.5 Å². The third-order valence-electron chi connectivity index (χ3n) is 3.58.